The van der Waals surface area contributed by atoms with Crippen molar-refractivity contribution in [2.75, 3.05) is 11.9 Å². The third-order valence-corrected chi connectivity index (χ3v) is 5.15. The largest absolute Gasteiger partial charge is 0.462 e. The monoisotopic (exact) mass is 445 g/mol. The second-order valence-corrected chi connectivity index (χ2v) is 7.30. The van der Waals surface area contributed by atoms with Gasteiger partial charge in [-0.2, -0.15) is 5.10 Å². The number of esters is 1. The molecule has 0 spiro atoms. The number of amides is 1. The van der Waals surface area contributed by atoms with Crippen LogP contribution in [-0.2, 0) is 20.7 Å². The molecule has 9 heteroatoms. The fourth-order valence-electron chi connectivity index (χ4n) is 3.63. The molecule has 4 rings (SSSR count). The molecule has 0 fully saturated rings. The van der Waals surface area contributed by atoms with Crippen molar-refractivity contribution in [3.05, 3.63) is 75.8 Å². The Labute approximate surface area is 189 Å². The molecule has 0 atom stereocenters. The van der Waals surface area contributed by atoms with Crippen molar-refractivity contribution in [2.24, 2.45) is 4.99 Å². The maximum absolute atomic E-state index is 13.0. The van der Waals surface area contributed by atoms with Crippen molar-refractivity contribution in [2.45, 2.75) is 26.7 Å². The van der Waals surface area contributed by atoms with Gasteiger partial charge in [0.2, 0.25) is 5.91 Å². The molecule has 9 nitrogen and oxygen atoms in total. The van der Waals surface area contributed by atoms with E-state index in [2.05, 4.69) is 25.8 Å². The molecule has 1 aliphatic heterocycles. The maximum Gasteiger partial charge on any atom is 0.343 e. The Bertz CT molecular complexity index is 1360. The summed E-state index contributed by atoms with van der Waals surface area (Å²) in [5.41, 5.74) is 2.13. The molecule has 0 saturated heterocycles. The normalized spacial score (nSPS) is 13.0. The first-order valence-corrected chi connectivity index (χ1v) is 10.6. The van der Waals surface area contributed by atoms with E-state index in [-0.39, 0.29) is 30.0 Å². The number of fused-ring (bicyclic) bond motifs is 2. The molecule has 168 valence electrons. The van der Waals surface area contributed by atoms with Crippen LogP contribution in [0.25, 0.3) is 10.8 Å². The molecule has 3 N–H and O–H groups in total. The molecule has 1 aromatic heterocycles. The Kier molecular flexibility index (Phi) is 6.30. The number of carbonyl (C=O) groups is 2. The lowest BCUT2D eigenvalue weighted by Gasteiger charge is -2.15. The minimum atomic E-state index is -0.582. The zero-order valence-corrected chi connectivity index (χ0v) is 18.3. The number of nitrogens with one attached hydrogen (secondary N) is 3. The summed E-state index contributed by atoms with van der Waals surface area (Å²) >= 11 is 0. The number of anilines is 1. The van der Waals surface area contributed by atoms with Crippen molar-refractivity contribution >= 4 is 39.9 Å². The highest BCUT2D eigenvalue weighted by atomic mass is 16.5. The van der Waals surface area contributed by atoms with Crippen LogP contribution >= 0.6 is 0 Å². The summed E-state index contributed by atoms with van der Waals surface area (Å²) in [5.74, 6) is -0.919. The smallest absolute Gasteiger partial charge is 0.343 e. The van der Waals surface area contributed by atoms with Gasteiger partial charge in [-0.25, -0.2) is 14.9 Å². The van der Waals surface area contributed by atoms with Gasteiger partial charge in [-0.3, -0.25) is 9.59 Å². The van der Waals surface area contributed by atoms with E-state index in [1.54, 1.807) is 37.3 Å². The van der Waals surface area contributed by atoms with Crippen LogP contribution in [0.3, 0.4) is 0 Å². The highest BCUT2D eigenvalue weighted by Crippen LogP contribution is 2.31. The predicted molar refractivity (Wildman–Crippen MR) is 125 cm³/mol. The van der Waals surface area contributed by atoms with Crippen LogP contribution < -0.4 is 16.2 Å². The van der Waals surface area contributed by atoms with Crippen molar-refractivity contribution < 1.29 is 14.3 Å². The number of benzene rings is 2. The van der Waals surface area contributed by atoms with Gasteiger partial charge in [-0.05, 0) is 31.5 Å². The molecule has 1 amide bonds. The third-order valence-electron chi connectivity index (χ3n) is 5.15. The molecule has 0 aliphatic carbocycles. The van der Waals surface area contributed by atoms with Crippen LogP contribution in [-0.4, -0.2) is 34.5 Å². The standard InChI is InChI=1S/C24H23N5O4/c1-3-16-21(24(32)33-4-2)22(26-18-12-8-7-11-17(18)25-16)27-20(30)13-19-14-9-5-6-10-15(14)23(31)29-28-19/h5-12,25H,3-4,13H2,1-2H3,(H,29,31)(H,26,27,30). The van der Waals surface area contributed by atoms with E-state index in [0.717, 1.165) is 0 Å². The average molecular weight is 445 g/mol. The van der Waals surface area contributed by atoms with E-state index in [1.165, 1.54) is 0 Å². The van der Waals surface area contributed by atoms with E-state index >= 15 is 0 Å². The Hall–Kier alpha value is -4.27. The van der Waals surface area contributed by atoms with Crippen molar-refractivity contribution in [1.82, 2.24) is 15.5 Å². The molecule has 33 heavy (non-hydrogen) atoms. The van der Waals surface area contributed by atoms with E-state index in [4.69, 9.17) is 4.74 Å². The number of carbonyl (C=O) groups excluding carboxylic acids is 2. The number of rotatable bonds is 5. The zero-order chi connectivity index (χ0) is 23.4. The number of aromatic nitrogens is 2. The van der Waals surface area contributed by atoms with Gasteiger partial charge in [0.25, 0.3) is 5.56 Å². The number of hydrogen-bond donors (Lipinski definition) is 3. The van der Waals surface area contributed by atoms with Crippen molar-refractivity contribution in [3.8, 4) is 0 Å². The third kappa shape index (κ3) is 4.52. The minimum Gasteiger partial charge on any atom is -0.462 e. The molecule has 0 radical (unpaired) electrons. The van der Waals surface area contributed by atoms with Gasteiger partial charge in [0.1, 0.15) is 11.4 Å². The second-order valence-electron chi connectivity index (χ2n) is 7.30. The van der Waals surface area contributed by atoms with Crippen molar-refractivity contribution in [3.63, 3.8) is 0 Å². The first-order valence-electron chi connectivity index (χ1n) is 10.6. The number of amidine groups is 1. The lowest BCUT2D eigenvalue weighted by atomic mass is 10.1. The number of allylic oxidation sites excluding steroid dienone is 1. The summed E-state index contributed by atoms with van der Waals surface area (Å²) in [6, 6.07) is 14.2. The SMILES string of the molecule is CCOC(=O)C1=C(CC)Nc2ccccc2N=C1NC(=O)Cc1n[nH]c(=O)c2ccccc12. The zero-order valence-electron chi connectivity index (χ0n) is 18.3. The van der Waals surface area contributed by atoms with Crippen LogP contribution in [0.2, 0.25) is 0 Å². The predicted octanol–water partition coefficient (Wildman–Crippen LogP) is 2.96. The molecule has 3 aromatic rings. The molecular formula is C24H23N5O4. The Morgan fingerprint density at radius 1 is 1.03 bits per heavy atom. The average Bonchev–Trinajstić information content (AvgIpc) is 2.97. The molecular weight excluding hydrogens is 422 g/mol. The van der Waals surface area contributed by atoms with Gasteiger partial charge in [0, 0.05) is 11.1 Å². The first kappa shape index (κ1) is 21.9. The number of aromatic amines is 1. The minimum absolute atomic E-state index is 0.0986. The Morgan fingerprint density at radius 3 is 2.52 bits per heavy atom. The Balaban J connectivity index is 1.71. The fraction of sp³-hybridized carbons (Fsp3) is 0.208. The lowest BCUT2D eigenvalue weighted by Crippen LogP contribution is -2.36. The van der Waals surface area contributed by atoms with Gasteiger partial charge in [0.05, 0.1) is 35.5 Å². The summed E-state index contributed by atoms with van der Waals surface area (Å²) in [5, 5.41) is 13.5. The van der Waals surface area contributed by atoms with Gasteiger partial charge < -0.3 is 15.4 Å². The molecule has 0 saturated carbocycles. The molecule has 2 heterocycles. The van der Waals surface area contributed by atoms with Crippen LogP contribution in [0.15, 0.2) is 69.6 Å². The van der Waals surface area contributed by atoms with Crippen LogP contribution in [0.4, 0.5) is 11.4 Å². The molecule has 0 bridgehead atoms. The summed E-state index contributed by atoms with van der Waals surface area (Å²) in [7, 11) is 0. The number of para-hydroxylation sites is 2. The summed E-state index contributed by atoms with van der Waals surface area (Å²) in [6.45, 7) is 3.79. The molecule has 1 aliphatic rings. The summed E-state index contributed by atoms with van der Waals surface area (Å²) < 4.78 is 5.25. The quantitative estimate of drug-likeness (QED) is 0.519. The summed E-state index contributed by atoms with van der Waals surface area (Å²) in [4.78, 5) is 42.5. The van der Waals surface area contributed by atoms with E-state index in [9.17, 15) is 14.4 Å². The number of H-pyrrole nitrogens is 1. The van der Waals surface area contributed by atoms with E-state index in [1.807, 2.05) is 25.1 Å². The highest BCUT2D eigenvalue weighted by Gasteiger charge is 2.27. The molecule has 2 aromatic carbocycles. The van der Waals surface area contributed by atoms with E-state index in [0.29, 0.717) is 40.0 Å². The van der Waals surface area contributed by atoms with Crippen molar-refractivity contribution in [1.29, 1.82) is 0 Å². The number of ether oxygens (including phenoxy) is 1. The van der Waals surface area contributed by atoms with E-state index < -0.39 is 11.9 Å². The number of nitrogens with zero attached hydrogens (tertiary/aromatic N) is 2. The van der Waals surface area contributed by atoms with Crippen LogP contribution in [0.1, 0.15) is 26.0 Å². The number of aliphatic imine (C=N–C) groups is 1. The van der Waals surface area contributed by atoms with Crippen LogP contribution in [0, 0.1) is 0 Å². The highest BCUT2D eigenvalue weighted by molar-refractivity contribution is 6.24. The first-order chi connectivity index (χ1) is 16.0. The lowest BCUT2D eigenvalue weighted by molar-refractivity contribution is -0.137. The Morgan fingerprint density at radius 2 is 1.76 bits per heavy atom. The number of hydrogen-bond acceptors (Lipinski definition) is 7. The van der Waals surface area contributed by atoms with Gasteiger partial charge >= 0.3 is 5.97 Å². The maximum atomic E-state index is 13.0. The topological polar surface area (TPSA) is 126 Å². The van der Waals surface area contributed by atoms with Gasteiger partial charge in [-0.1, -0.05) is 37.3 Å². The van der Waals surface area contributed by atoms with Gasteiger partial charge in [-0.15, -0.1) is 0 Å². The van der Waals surface area contributed by atoms with Crippen LogP contribution in [0.5, 0.6) is 0 Å². The van der Waals surface area contributed by atoms with Gasteiger partial charge in [0.15, 0.2) is 0 Å². The molecule has 0 unspecified atom stereocenters. The fourth-order valence-corrected chi connectivity index (χ4v) is 3.63. The summed E-state index contributed by atoms with van der Waals surface area (Å²) in [6.07, 6.45) is 0.368. The second kappa shape index (κ2) is 9.47.